The zero-order chi connectivity index (χ0) is 22.2. The predicted molar refractivity (Wildman–Crippen MR) is 120 cm³/mol. The zero-order valence-corrected chi connectivity index (χ0v) is 17.5. The van der Waals surface area contributed by atoms with Crippen LogP contribution in [0.2, 0.25) is 0 Å². The molecule has 8 heteroatoms. The lowest BCUT2D eigenvalue weighted by Crippen LogP contribution is -2.16. The zero-order valence-electron chi connectivity index (χ0n) is 17.5. The maximum atomic E-state index is 13.2. The second-order valence-electron chi connectivity index (χ2n) is 7.42. The van der Waals surface area contributed by atoms with Crippen molar-refractivity contribution >= 4 is 17.4 Å². The molecule has 0 unspecified atom stereocenters. The molecular formula is C24H19FN6O. The summed E-state index contributed by atoms with van der Waals surface area (Å²) in [4.78, 5) is 21.8. The predicted octanol–water partition coefficient (Wildman–Crippen LogP) is 4.50. The molecule has 0 saturated heterocycles. The van der Waals surface area contributed by atoms with Gasteiger partial charge in [-0.15, -0.1) is 0 Å². The number of carbonyl (C=O) groups is 1. The van der Waals surface area contributed by atoms with Gasteiger partial charge in [0.1, 0.15) is 11.5 Å². The van der Waals surface area contributed by atoms with E-state index in [0.717, 1.165) is 22.5 Å². The Kier molecular flexibility index (Phi) is 4.74. The Labute approximate surface area is 183 Å². The Hall–Kier alpha value is -4.33. The van der Waals surface area contributed by atoms with Crippen molar-refractivity contribution in [1.82, 2.24) is 24.1 Å². The van der Waals surface area contributed by atoms with E-state index in [9.17, 15) is 9.18 Å². The number of halogens is 1. The first-order chi connectivity index (χ1) is 15.5. The normalized spacial score (nSPS) is 11.1. The van der Waals surface area contributed by atoms with Gasteiger partial charge in [-0.3, -0.25) is 13.9 Å². The van der Waals surface area contributed by atoms with Gasteiger partial charge in [-0.05, 0) is 55.5 Å². The van der Waals surface area contributed by atoms with Crippen LogP contribution in [0, 0.1) is 12.7 Å². The van der Waals surface area contributed by atoms with Gasteiger partial charge >= 0.3 is 0 Å². The summed E-state index contributed by atoms with van der Waals surface area (Å²) in [6.45, 7) is 1.98. The first kappa shape index (κ1) is 19.6. The van der Waals surface area contributed by atoms with Crippen molar-refractivity contribution in [1.29, 1.82) is 0 Å². The van der Waals surface area contributed by atoms with Gasteiger partial charge in [0.25, 0.3) is 5.91 Å². The van der Waals surface area contributed by atoms with Crippen molar-refractivity contribution in [2.75, 3.05) is 5.32 Å². The molecule has 5 aromatic rings. The van der Waals surface area contributed by atoms with Crippen LogP contribution >= 0.6 is 0 Å². The Bertz CT molecular complexity index is 1450. The van der Waals surface area contributed by atoms with Gasteiger partial charge in [0.05, 0.1) is 11.4 Å². The SMILES string of the molecule is Cc1c(-c2cccc(NC(=O)c3cc(-c4ccc(F)cc4)nn3C)c2)nc2ncccn12. The van der Waals surface area contributed by atoms with Gasteiger partial charge in [-0.25, -0.2) is 14.4 Å². The van der Waals surface area contributed by atoms with Crippen molar-refractivity contribution in [2.45, 2.75) is 6.92 Å². The minimum atomic E-state index is -0.320. The lowest BCUT2D eigenvalue weighted by molar-refractivity contribution is 0.101. The molecule has 1 N–H and O–H groups in total. The molecule has 7 nitrogen and oxygen atoms in total. The van der Waals surface area contributed by atoms with E-state index in [1.54, 1.807) is 31.4 Å². The van der Waals surface area contributed by atoms with Gasteiger partial charge in [-0.1, -0.05) is 12.1 Å². The maximum absolute atomic E-state index is 13.2. The van der Waals surface area contributed by atoms with Crippen LogP contribution in [-0.2, 0) is 7.05 Å². The van der Waals surface area contributed by atoms with Crippen molar-refractivity contribution in [3.8, 4) is 22.5 Å². The molecule has 2 aromatic carbocycles. The topological polar surface area (TPSA) is 77.1 Å². The molecule has 5 rings (SSSR count). The van der Waals surface area contributed by atoms with Gasteiger partial charge in [0.2, 0.25) is 5.78 Å². The van der Waals surface area contributed by atoms with Crippen LogP contribution in [0.5, 0.6) is 0 Å². The van der Waals surface area contributed by atoms with E-state index in [0.29, 0.717) is 22.9 Å². The molecule has 0 bridgehead atoms. The molecule has 0 spiro atoms. The summed E-state index contributed by atoms with van der Waals surface area (Å²) in [5.74, 6) is 0.00991. The molecular weight excluding hydrogens is 407 g/mol. The fraction of sp³-hybridized carbons (Fsp3) is 0.0833. The van der Waals surface area contributed by atoms with Gasteiger partial charge in [0.15, 0.2) is 0 Å². The number of anilines is 1. The summed E-state index contributed by atoms with van der Waals surface area (Å²) >= 11 is 0. The Balaban J connectivity index is 1.42. The molecule has 0 radical (unpaired) electrons. The van der Waals surface area contributed by atoms with Crippen molar-refractivity contribution in [3.05, 3.63) is 90.3 Å². The van der Waals surface area contributed by atoms with Crippen LogP contribution in [0.25, 0.3) is 28.3 Å². The minimum Gasteiger partial charge on any atom is -0.321 e. The number of nitrogens with zero attached hydrogens (tertiary/aromatic N) is 5. The average Bonchev–Trinajstić information content (AvgIpc) is 3.35. The van der Waals surface area contributed by atoms with Crippen molar-refractivity contribution in [2.24, 2.45) is 7.05 Å². The largest absolute Gasteiger partial charge is 0.321 e. The molecule has 0 atom stereocenters. The molecule has 0 saturated carbocycles. The number of hydrogen-bond acceptors (Lipinski definition) is 4. The first-order valence-electron chi connectivity index (χ1n) is 10.0. The third-order valence-electron chi connectivity index (χ3n) is 5.29. The van der Waals surface area contributed by atoms with E-state index in [4.69, 9.17) is 0 Å². The number of carbonyl (C=O) groups excluding carboxylic acids is 1. The Morgan fingerprint density at radius 1 is 1.03 bits per heavy atom. The van der Waals surface area contributed by atoms with Crippen LogP contribution in [0.3, 0.4) is 0 Å². The highest BCUT2D eigenvalue weighted by Crippen LogP contribution is 2.26. The summed E-state index contributed by atoms with van der Waals surface area (Å²) in [5.41, 5.74) is 5.01. The number of amides is 1. The number of fused-ring (bicyclic) bond motifs is 1. The summed E-state index contributed by atoms with van der Waals surface area (Å²) in [7, 11) is 1.70. The number of hydrogen-bond donors (Lipinski definition) is 1. The highest BCUT2D eigenvalue weighted by molar-refractivity contribution is 6.04. The molecule has 32 heavy (non-hydrogen) atoms. The monoisotopic (exact) mass is 426 g/mol. The molecule has 0 aliphatic carbocycles. The second-order valence-corrected chi connectivity index (χ2v) is 7.42. The van der Waals surface area contributed by atoms with E-state index in [1.165, 1.54) is 16.8 Å². The fourth-order valence-corrected chi connectivity index (χ4v) is 3.66. The van der Waals surface area contributed by atoms with Crippen molar-refractivity contribution < 1.29 is 9.18 Å². The lowest BCUT2D eigenvalue weighted by atomic mass is 10.1. The third-order valence-corrected chi connectivity index (χ3v) is 5.29. The number of aromatic nitrogens is 5. The molecule has 3 aromatic heterocycles. The number of nitrogens with one attached hydrogen (secondary N) is 1. The lowest BCUT2D eigenvalue weighted by Gasteiger charge is -2.07. The minimum absolute atomic E-state index is 0.293. The van der Waals surface area contributed by atoms with Gasteiger partial charge in [0, 0.05) is 41.9 Å². The molecule has 0 aliphatic heterocycles. The van der Waals surface area contributed by atoms with Gasteiger partial charge in [-0.2, -0.15) is 5.10 Å². The van der Waals surface area contributed by atoms with E-state index in [-0.39, 0.29) is 11.7 Å². The van der Waals surface area contributed by atoms with Crippen LogP contribution in [0.1, 0.15) is 16.2 Å². The maximum Gasteiger partial charge on any atom is 0.273 e. The highest BCUT2D eigenvalue weighted by atomic mass is 19.1. The number of rotatable bonds is 4. The first-order valence-corrected chi connectivity index (χ1v) is 10.0. The third kappa shape index (κ3) is 3.51. The number of aryl methyl sites for hydroxylation is 2. The smallest absolute Gasteiger partial charge is 0.273 e. The van der Waals surface area contributed by atoms with E-state index < -0.39 is 0 Å². The average molecular weight is 426 g/mol. The molecule has 3 heterocycles. The summed E-state index contributed by atoms with van der Waals surface area (Å²) in [6.07, 6.45) is 3.62. The summed E-state index contributed by atoms with van der Waals surface area (Å²) < 4.78 is 16.6. The Morgan fingerprint density at radius 2 is 1.84 bits per heavy atom. The number of imidazole rings is 1. The number of benzene rings is 2. The van der Waals surface area contributed by atoms with Crippen LogP contribution in [0.15, 0.2) is 73.1 Å². The van der Waals surface area contributed by atoms with Crippen LogP contribution in [-0.4, -0.2) is 30.1 Å². The van der Waals surface area contributed by atoms with E-state index in [1.807, 2.05) is 47.9 Å². The van der Waals surface area contributed by atoms with Crippen molar-refractivity contribution in [3.63, 3.8) is 0 Å². The van der Waals surface area contributed by atoms with Crippen LogP contribution < -0.4 is 5.32 Å². The molecule has 1 amide bonds. The quantitative estimate of drug-likeness (QED) is 0.459. The van der Waals surface area contributed by atoms with Crippen LogP contribution in [0.4, 0.5) is 10.1 Å². The second kappa shape index (κ2) is 7.73. The highest BCUT2D eigenvalue weighted by Gasteiger charge is 2.16. The van der Waals surface area contributed by atoms with E-state index in [2.05, 4.69) is 20.4 Å². The standard InChI is InChI=1S/C24H19FN6O/c1-15-22(28-24-26-11-4-12-31(15)24)17-5-3-6-19(13-17)27-23(32)21-14-20(29-30(21)2)16-7-9-18(25)10-8-16/h3-14H,1-2H3,(H,27,32). The van der Waals surface area contributed by atoms with E-state index >= 15 is 0 Å². The van der Waals surface area contributed by atoms with Gasteiger partial charge < -0.3 is 5.32 Å². The molecule has 158 valence electrons. The summed E-state index contributed by atoms with van der Waals surface area (Å²) in [6, 6.07) is 17.1. The Morgan fingerprint density at radius 3 is 2.62 bits per heavy atom. The fourth-order valence-electron chi connectivity index (χ4n) is 3.66. The summed E-state index contributed by atoms with van der Waals surface area (Å²) in [5, 5.41) is 7.31. The molecule has 0 fully saturated rings. The molecule has 0 aliphatic rings.